The van der Waals surface area contributed by atoms with E-state index in [1.807, 2.05) is 44.2 Å². The summed E-state index contributed by atoms with van der Waals surface area (Å²) >= 11 is 7.39. The first kappa shape index (κ1) is 15.7. The van der Waals surface area contributed by atoms with Gasteiger partial charge in [-0.1, -0.05) is 23.7 Å². The van der Waals surface area contributed by atoms with Crippen LogP contribution < -0.4 is 11.0 Å². The third-order valence-corrected chi connectivity index (χ3v) is 4.77. The number of rotatable bonds is 4. The molecule has 23 heavy (non-hydrogen) atoms. The van der Waals surface area contributed by atoms with E-state index in [9.17, 15) is 4.79 Å². The molecule has 1 aromatic carbocycles. The Hall–Kier alpha value is -2.18. The van der Waals surface area contributed by atoms with Gasteiger partial charge in [0, 0.05) is 6.54 Å². The van der Waals surface area contributed by atoms with Crippen molar-refractivity contribution in [3.63, 3.8) is 0 Å². The van der Waals surface area contributed by atoms with Crippen LogP contribution in [0.15, 0.2) is 46.3 Å². The van der Waals surface area contributed by atoms with Crippen molar-refractivity contribution >= 4 is 45.5 Å². The van der Waals surface area contributed by atoms with Gasteiger partial charge in [-0.2, -0.15) is 5.10 Å². The van der Waals surface area contributed by atoms with Gasteiger partial charge in [0.1, 0.15) is 0 Å². The Morgan fingerprint density at radius 1 is 1.35 bits per heavy atom. The van der Waals surface area contributed by atoms with Crippen LogP contribution in [0.3, 0.4) is 0 Å². The number of hydrazone groups is 1. The van der Waals surface area contributed by atoms with E-state index < -0.39 is 0 Å². The molecule has 0 aliphatic heterocycles. The Labute approximate surface area is 142 Å². The Bertz CT molecular complexity index is 945. The molecule has 7 heteroatoms. The van der Waals surface area contributed by atoms with E-state index in [2.05, 4.69) is 15.5 Å². The summed E-state index contributed by atoms with van der Waals surface area (Å²) in [5.74, 6) is 0.429. The second kappa shape index (κ2) is 6.52. The highest BCUT2D eigenvalue weighted by molar-refractivity contribution is 7.18. The Balaban J connectivity index is 2.01. The van der Waals surface area contributed by atoms with Crippen LogP contribution in [0.2, 0.25) is 4.34 Å². The largest absolute Gasteiger partial charge is 0.277 e. The van der Waals surface area contributed by atoms with E-state index in [4.69, 9.17) is 11.6 Å². The lowest BCUT2D eigenvalue weighted by Gasteiger charge is -2.11. The van der Waals surface area contributed by atoms with E-state index in [1.165, 1.54) is 11.3 Å². The lowest BCUT2D eigenvalue weighted by atomic mass is 10.2. The van der Waals surface area contributed by atoms with Crippen molar-refractivity contribution < 1.29 is 0 Å². The maximum Gasteiger partial charge on any atom is 0.262 e. The van der Waals surface area contributed by atoms with Gasteiger partial charge < -0.3 is 0 Å². The topological polar surface area (TPSA) is 59.3 Å². The number of nitrogens with zero attached hydrogens (tertiary/aromatic N) is 3. The average molecular weight is 347 g/mol. The lowest BCUT2D eigenvalue weighted by molar-refractivity contribution is 0.724. The van der Waals surface area contributed by atoms with Gasteiger partial charge in [-0.15, -0.1) is 11.3 Å². The number of hydrogen-bond acceptors (Lipinski definition) is 5. The molecule has 0 spiro atoms. The van der Waals surface area contributed by atoms with Gasteiger partial charge in [0.2, 0.25) is 5.95 Å². The fourth-order valence-electron chi connectivity index (χ4n) is 2.24. The van der Waals surface area contributed by atoms with Crippen molar-refractivity contribution in [3.05, 3.63) is 56.0 Å². The molecule has 2 aromatic heterocycles. The van der Waals surface area contributed by atoms with Gasteiger partial charge in [0.15, 0.2) is 0 Å². The highest BCUT2D eigenvalue weighted by atomic mass is 35.5. The van der Waals surface area contributed by atoms with Crippen LogP contribution in [0.1, 0.15) is 18.7 Å². The van der Waals surface area contributed by atoms with Crippen molar-refractivity contribution in [1.29, 1.82) is 0 Å². The number of thiophene rings is 1. The first-order valence-electron chi connectivity index (χ1n) is 7.15. The Morgan fingerprint density at radius 3 is 2.83 bits per heavy atom. The zero-order valence-corrected chi connectivity index (χ0v) is 14.3. The number of aromatic nitrogens is 2. The molecule has 0 fully saturated rings. The smallest absolute Gasteiger partial charge is 0.262 e. The molecule has 0 unspecified atom stereocenters. The molecule has 0 bridgehead atoms. The second-order valence-electron chi connectivity index (χ2n) is 4.91. The number of anilines is 1. The van der Waals surface area contributed by atoms with Crippen LogP contribution >= 0.6 is 22.9 Å². The third kappa shape index (κ3) is 3.13. The van der Waals surface area contributed by atoms with E-state index in [1.54, 1.807) is 10.6 Å². The number of nitrogens with one attached hydrogen (secondary N) is 1. The summed E-state index contributed by atoms with van der Waals surface area (Å²) in [4.78, 5) is 18.0. The van der Waals surface area contributed by atoms with Gasteiger partial charge in [0.25, 0.3) is 5.56 Å². The molecule has 3 rings (SSSR count). The van der Waals surface area contributed by atoms with Crippen molar-refractivity contribution in [2.45, 2.75) is 20.4 Å². The summed E-state index contributed by atoms with van der Waals surface area (Å²) in [7, 11) is 0. The van der Waals surface area contributed by atoms with Crippen LogP contribution in [0, 0.1) is 0 Å². The molecule has 2 heterocycles. The molecular formula is C16H15ClN4OS. The fourth-order valence-corrected chi connectivity index (χ4v) is 3.23. The minimum absolute atomic E-state index is 0.0763. The monoisotopic (exact) mass is 346 g/mol. The summed E-state index contributed by atoms with van der Waals surface area (Å²) < 4.78 is 2.28. The minimum atomic E-state index is -0.0763. The van der Waals surface area contributed by atoms with E-state index in [0.717, 1.165) is 10.6 Å². The number of benzene rings is 1. The van der Waals surface area contributed by atoms with Crippen LogP contribution in [-0.4, -0.2) is 15.3 Å². The second-order valence-corrected chi connectivity index (χ2v) is 6.63. The lowest BCUT2D eigenvalue weighted by Crippen LogP contribution is -2.23. The SMILES string of the molecule is CCn1c(N/N=C(/C)c2ccc(Cl)s2)nc2ccccc2c1=O. The van der Waals surface area contributed by atoms with Crippen LogP contribution in [0.25, 0.3) is 10.9 Å². The molecule has 5 nitrogen and oxygen atoms in total. The molecule has 0 atom stereocenters. The Morgan fingerprint density at radius 2 is 2.13 bits per heavy atom. The molecule has 0 amide bonds. The number of fused-ring (bicyclic) bond motifs is 1. The van der Waals surface area contributed by atoms with Crippen LogP contribution in [0.4, 0.5) is 5.95 Å². The fraction of sp³-hybridized carbons (Fsp3) is 0.188. The predicted molar refractivity (Wildman–Crippen MR) is 96.8 cm³/mol. The third-order valence-electron chi connectivity index (χ3n) is 3.43. The summed E-state index contributed by atoms with van der Waals surface area (Å²) in [5.41, 5.74) is 4.27. The highest BCUT2D eigenvalue weighted by Gasteiger charge is 2.09. The number of halogens is 1. The van der Waals surface area contributed by atoms with Crippen LogP contribution in [-0.2, 0) is 6.54 Å². The zero-order valence-electron chi connectivity index (χ0n) is 12.7. The standard InChI is InChI=1S/C16H15ClN4OS/c1-3-21-15(22)11-6-4-5-7-12(11)18-16(21)20-19-10(2)13-8-9-14(17)23-13/h4-9H,3H2,1-2H3,(H,18,20)/b19-10-. The molecule has 0 saturated heterocycles. The zero-order chi connectivity index (χ0) is 16.4. The van der Waals surface area contributed by atoms with E-state index in [-0.39, 0.29) is 5.56 Å². The molecular weight excluding hydrogens is 332 g/mol. The van der Waals surface area contributed by atoms with Crippen molar-refractivity contribution in [1.82, 2.24) is 9.55 Å². The number of hydrogen-bond donors (Lipinski definition) is 1. The molecule has 0 saturated carbocycles. The first-order chi connectivity index (χ1) is 11.1. The summed E-state index contributed by atoms with van der Waals surface area (Å²) in [5, 5.41) is 4.93. The molecule has 118 valence electrons. The van der Waals surface area contributed by atoms with Gasteiger partial charge in [-0.25, -0.2) is 10.4 Å². The summed E-state index contributed by atoms with van der Waals surface area (Å²) in [6.45, 7) is 4.29. The Kier molecular flexibility index (Phi) is 4.45. The average Bonchev–Trinajstić information content (AvgIpc) is 2.99. The number of para-hydroxylation sites is 1. The summed E-state index contributed by atoms with van der Waals surface area (Å²) in [6.07, 6.45) is 0. The summed E-state index contributed by atoms with van der Waals surface area (Å²) in [6, 6.07) is 11.0. The van der Waals surface area contributed by atoms with Crippen LogP contribution in [0.5, 0.6) is 0 Å². The van der Waals surface area contributed by atoms with Gasteiger partial charge >= 0.3 is 0 Å². The predicted octanol–water partition coefficient (Wildman–Crippen LogP) is 3.97. The molecule has 0 radical (unpaired) electrons. The van der Waals surface area contributed by atoms with Crippen molar-refractivity contribution in [3.8, 4) is 0 Å². The highest BCUT2D eigenvalue weighted by Crippen LogP contribution is 2.22. The van der Waals surface area contributed by atoms with Crippen molar-refractivity contribution in [2.75, 3.05) is 5.43 Å². The van der Waals surface area contributed by atoms with Crippen molar-refractivity contribution in [2.24, 2.45) is 5.10 Å². The maximum atomic E-state index is 12.5. The molecule has 0 aliphatic carbocycles. The van der Waals surface area contributed by atoms with E-state index in [0.29, 0.717) is 27.7 Å². The normalized spacial score (nSPS) is 11.9. The molecule has 0 aliphatic rings. The minimum Gasteiger partial charge on any atom is -0.277 e. The quantitative estimate of drug-likeness (QED) is 0.574. The first-order valence-corrected chi connectivity index (χ1v) is 8.35. The van der Waals surface area contributed by atoms with Gasteiger partial charge in [-0.05, 0) is 38.1 Å². The van der Waals surface area contributed by atoms with E-state index >= 15 is 0 Å². The molecule has 1 N–H and O–H groups in total. The molecule has 3 aromatic rings. The van der Waals surface area contributed by atoms with Gasteiger partial charge in [0.05, 0.1) is 25.8 Å². The van der Waals surface area contributed by atoms with Gasteiger partial charge in [-0.3, -0.25) is 9.36 Å². The maximum absolute atomic E-state index is 12.5.